The van der Waals surface area contributed by atoms with Gasteiger partial charge in [0.15, 0.2) is 6.29 Å². The van der Waals surface area contributed by atoms with Crippen LogP contribution in [0, 0.1) is 6.92 Å². The van der Waals surface area contributed by atoms with Gasteiger partial charge in [0, 0.05) is 4.47 Å². The Hall–Kier alpha value is -1.32. The van der Waals surface area contributed by atoms with Gasteiger partial charge >= 0.3 is 0 Å². The van der Waals surface area contributed by atoms with Crippen molar-refractivity contribution in [3.05, 3.63) is 57.0 Å². The van der Waals surface area contributed by atoms with E-state index in [4.69, 9.17) is 16.3 Å². The number of halogens is 2. The first kappa shape index (κ1) is 13.1. The fourth-order valence-corrected chi connectivity index (χ4v) is 2.11. The zero-order chi connectivity index (χ0) is 13.1. The number of carbonyl (C=O) groups excluding carboxylic acids is 1. The standard InChI is InChI=1S/C14H10BrClO2/c1-9-2-5-13(12(16)6-9)18-14-7-11(15)4-3-10(14)8-17/h2-8H,1H3. The summed E-state index contributed by atoms with van der Waals surface area (Å²) in [5, 5.41) is 0.520. The van der Waals surface area contributed by atoms with Crippen LogP contribution >= 0.6 is 27.5 Å². The maximum atomic E-state index is 10.9. The Morgan fingerprint density at radius 1 is 1.17 bits per heavy atom. The fourth-order valence-electron chi connectivity index (χ4n) is 1.50. The minimum atomic E-state index is 0.477. The predicted octanol–water partition coefficient (Wildman–Crippen LogP) is 5.02. The second-order valence-electron chi connectivity index (χ2n) is 3.84. The highest BCUT2D eigenvalue weighted by molar-refractivity contribution is 9.10. The minimum absolute atomic E-state index is 0.477. The number of hydrogen-bond acceptors (Lipinski definition) is 2. The quantitative estimate of drug-likeness (QED) is 0.741. The third-order valence-electron chi connectivity index (χ3n) is 2.41. The third-order valence-corrected chi connectivity index (χ3v) is 3.20. The molecular weight excluding hydrogens is 316 g/mol. The molecule has 0 aliphatic rings. The summed E-state index contributed by atoms with van der Waals surface area (Å²) < 4.78 is 6.51. The molecule has 0 aromatic heterocycles. The number of rotatable bonds is 3. The number of aldehydes is 1. The summed E-state index contributed by atoms with van der Waals surface area (Å²) in [4.78, 5) is 10.9. The van der Waals surface area contributed by atoms with Gasteiger partial charge in [-0.15, -0.1) is 0 Å². The molecule has 2 rings (SSSR count). The van der Waals surface area contributed by atoms with Gasteiger partial charge < -0.3 is 4.74 Å². The molecule has 0 aliphatic heterocycles. The van der Waals surface area contributed by atoms with Crippen molar-refractivity contribution in [1.82, 2.24) is 0 Å². The Morgan fingerprint density at radius 3 is 2.61 bits per heavy atom. The van der Waals surface area contributed by atoms with Gasteiger partial charge in [-0.25, -0.2) is 0 Å². The van der Waals surface area contributed by atoms with Gasteiger partial charge in [0.25, 0.3) is 0 Å². The van der Waals surface area contributed by atoms with Crippen molar-refractivity contribution >= 4 is 33.8 Å². The number of ether oxygens (including phenoxy) is 1. The molecule has 0 saturated heterocycles. The van der Waals surface area contributed by atoms with E-state index >= 15 is 0 Å². The van der Waals surface area contributed by atoms with Crippen LogP contribution in [0.5, 0.6) is 11.5 Å². The Labute approximate surface area is 119 Å². The Morgan fingerprint density at radius 2 is 1.94 bits per heavy atom. The van der Waals surface area contributed by atoms with Crippen molar-refractivity contribution in [3.63, 3.8) is 0 Å². The van der Waals surface area contributed by atoms with E-state index < -0.39 is 0 Å². The molecule has 2 nitrogen and oxygen atoms in total. The Kier molecular flexibility index (Phi) is 4.04. The van der Waals surface area contributed by atoms with Crippen LogP contribution < -0.4 is 4.74 Å². The number of carbonyl (C=O) groups is 1. The molecule has 0 unspecified atom stereocenters. The lowest BCUT2D eigenvalue weighted by molar-refractivity contribution is 0.112. The molecule has 0 N–H and O–H groups in total. The van der Waals surface area contributed by atoms with Crippen LogP contribution in [0.25, 0.3) is 0 Å². The molecule has 0 spiro atoms. The highest BCUT2D eigenvalue weighted by atomic mass is 79.9. The summed E-state index contributed by atoms with van der Waals surface area (Å²) in [6.07, 6.45) is 0.754. The average molecular weight is 326 g/mol. The molecule has 0 saturated carbocycles. The van der Waals surface area contributed by atoms with Crippen molar-refractivity contribution in [1.29, 1.82) is 0 Å². The highest BCUT2D eigenvalue weighted by Crippen LogP contribution is 2.32. The number of aryl methyl sites for hydroxylation is 1. The lowest BCUT2D eigenvalue weighted by Crippen LogP contribution is -1.91. The number of hydrogen-bond donors (Lipinski definition) is 0. The van der Waals surface area contributed by atoms with Crippen LogP contribution in [0.15, 0.2) is 40.9 Å². The van der Waals surface area contributed by atoms with Crippen molar-refractivity contribution in [2.45, 2.75) is 6.92 Å². The smallest absolute Gasteiger partial charge is 0.153 e. The minimum Gasteiger partial charge on any atom is -0.455 e. The van der Waals surface area contributed by atoms with Gasteiger partial charge in [0.2, 0.25) is 0 Å². The van der Waals surface area contributed by atoms with Crippen LogP contribution in [0.2, 0.25) is 5.02 Å². The maximum Gasteiger partial charge on any atom is 0.153 e. The monoisotopic (exact) mass is 324 g/mol. The summed E-state index contributed by atoms with van der Waals surface area (Å²) in [5.41, 5.74) is 1.53. The summed E-state index contributed by atoms with van der Waals surface area (Å²) in [5.74, 6) is 1.01. The van der Waals surface area contributed by atoms with E-state index in [0.29, 0.717) is 22.1 Å². The van der Waals surface area contributed by atoms with Gasteiger partial charge in [-0.1, -0.05) is 33.6 Å². The van der Waals surface area contributed by atoms with E-state index in [1.165, 1.54) is 0 Å². The Bertz CT molecular complexity index is 596. The van der Waals surface area contributed by atoms with Crippen molar-refractivity contribution < 1.29 is 9.53 Å². The molecule has 2 aromatic carbocycles. The van der Waals surface area contributed by atoms with Crippen LogP contribution in [-0.2, 0) is 0 Å². The predicted molar refractivity (Wildman–Crippen MR) is 75.8 cm³/mol. The zero-order valence-electron chi connectivity index (χ0n) is 9.61. The molecule has 0 heterocycles. The molecule has 0 aliphatic carbocycles. The van der Waals surface area contributed by atoms with E-state index in [1.54, 1.807) is 24.3 Å². The van der Waals surface area contributed by atoms with Gasteiger partial charge in [-0.3, -0.25) is 4.79 Å². The molecule has 0 fully saturated rings. The zero-order valence-corrected chi connectivity index (χ0v) is 12.0. The van der Waals surface area contributed by atoms with Gasteiger partial charge in [0.1, 0.15) is 11.5 Å². The summed E-state index contributed by atoms with van der Waals surface area (Å²) in [6, 6.07) is 10.7. The lowest BCUT2D eigenvalue weighted by atomic mass is 10.2. The van der Waals surface area contributed by atoms with E-state index in [1.807, 2.05) is 19.1 Å². The van der Waals surface area contributed by atoms with E-state index in [-0.39, 0.29) is 0 Å². The average Bonchev–Trinajstić information content (AvgIpc) is 2.33. The van der Waals surface area contributed by atoms with Crippen LogP contribution in [0.4, 0.5) is 0 Å². The van der Waals surface area contributed by atoms with Gasteiger partial charge in [0.05, 0.1) is 10.6 Å². The van der Waals surface area contributed by atoms with E-state index in [0.717, 1.165) is 16.3 Å². The normalized spacial score (nSPS) is 10.2. The van der Waals surface area contributed by atoms with Crippen molar-refractivity contribution in [2.75, 3.05) is 0 Å². The summed E-state index contributed by atoms with van der Waals surface area (Å²) in [7, 11) is 0. The Balaban J connectivity index is 2.39. The summed E-state index contributed by atoms with van der Waals surface area (Å²) >= 11 is 9.43. The van der Waals surface area contributed by atoms with E-state index in [2.05, 4.69) is 15.9 Å². The molecule has 4 heteroatoms. The second-order valence-corrected chi connectivity index (χ2v) is 5.16. The molecule has 2 aromatic rings. The van der Waals surface area contributed by atoms with Crippen LogP contribution in [0.1, 0.15) is 15.9 Å². The number of benzene rings is 2. The highest BCUT2D eigenvalue weighted by Gasteiger charge is 2.08. The maximum absolute atomic E-state index is 10.9. The first-order valence-electron chi connectivity index (χ1n) is 5.29. The molecule has 0 amide bonds. The molecular formula is C14H10BrClO2. The SMILES string of the molecule is Cc1ccc(Oc2cc(Br)ccc2C=O)c(Cl)c1. The summed E-state index contributed by atoms with van der Waals surface area (Å²) in [6.45, 7) is 1.95. The molecule has 92 valence electrons. The topological polar surface area (TPSA) is 26.3 Å². The van der Waals surface area contributed by atoms with Crippen LogP contribution in [0.3, 0.4) is 0 Å². The third kappa shape index (κ3) is 2.92. The molecule has 18 heavy (non-hydrogen) atoms. The fraction of sp³-hybridized carbons (Fsp3) is 0.0714. The largest absolute Gasteiger partial charge is 0.455 e. The first-order valence-corrected chi connectivity index (χ1v) is 6.46. The molecule has 0 radical (unpaired) electrons. The molecule has 0 bridgehead atoms. The second kappa shape index (κ2) is 5.55. The van der Waals surface area contributed by atoms with Crippen molar-refractivity contribution in [2.24, 2.45) is 0 Å². The van der Waals surface area contributed by atoms with E-state index in [9.17, 15) is 4.79 Å². The van der Waals surface area contributed by atoms with Crippen LogP contribution in [-0.4, -0.2) is 6.29 Å². The first-order chi connectivity index (χ1) is 8.60. The van der Waals surface area contributed by atoms with Crippen molar-refractivity contribution in [3.8, 4) is 11.5 Å². The lowest BCUT2D eigenvalue weighted by Gasteiger charge is -2.10. The van der Waals surface area contributed by atoms with Gasteiger partial charge in [-0.05, 0) is 42.8 Å². The molecule has 0 atom stereocenters. The van der Waals surface area contributed by atoms with Gasteiger partial charge in [-0.2, -0.15) is 0 Å².